The zero-order chi connectivity index (χ0) is 26.9. The Labute approximate surface area is 223 Å². The fraction of sp³-hybridized carbons (Fsp3) is 0.517. The number of rotatable bonds is 6. The summed E-state index contributed by atoms with van der Waals surface area (Å²) in [5.74, 6) is 1.52. The highest BCUT2D eigenvalue weighted by Crippen LogP contribution is 2.33. The summed E-state index contributed by atoms with van der Waals surface area (Å²) in [6.45, 7) is 11.1. The standard InChI is InChI=1S/C29H35N5O4/c1-19-15-21(26-23-9-13-34(22-17-36-18-22)27(23)32-25(16-30)31-26)5-6-24(19)37-14-10-20-7-11-33(12-8-20)28(35)38-29(2,3)4/h5-6,9,13,15,20,22H,7-8,10-12,14,17-18H2,1-4H3. The average molecular weight is 518 g/mol. The molecule has 0 aliphatic carbocycles. The highest BCUT2D eigenvalue weighted by molar-refractivity contribution is 5.91. The van der Waals surface area contributed by atoms with Crippen LogP contribution in [-0.4, -0.2) is 64.0 Å². The maximum atomic E-state index is 12.3. The van der Waals surface area contributed by atoms with Crippen molar-refractivity contribution in [3.8, 4) is 23.1 Å². The summed E-state index contributed by atoms with van der Waals surface area (Å²) >= 11 is 0. The number of hydrogen-bond acceptors (Lipinski definition) is 7. The van der Waals surface area contributed by atoms with Crippen LogP contribution in [0.15, 0.2) is 30.5 Å². The number of aromatic nitrogens is 3. The van der Waals surface area contributed by atoms with Gasteiger partial charge in [-0.3, -0.25) is 0 Å². The summed E-state index contributed by atoms with van der Waals surface area (Å²) in [5, 5.41) is 10.5. The molecule has 4 heterocycles. The number of nitrogens with zero attached hydrogens (tertiary/aromatic N) is 5. The van der Waals surface area contributed by atoms with Gasteiger partial charge in [0.05, 0.1) is 31.6 Å². The Bertz CT molecular complexity index is 1360. The Morgan fingerprint density at radius 1 is 1.18 bits per heavy atom. The van der Waals surface area contributed by atoms with Gasteiger partial charge in [0.15, 0.2) is 0 Å². The van der Waals surface area contributed by atoms with Gasteiger partial charge in [0.25, 0.3) is 0 Å². The van der Waals surface area contributed by atoms with E-state index in [4.69, 9.17) is 14.2 Å². The number of hydrogen-bond donors (Lipinski definition) is 0. The third kappa shape index (κ3) is 5.60. The molecule has 5 rings (SSSR count). The summed E-state index contributed by atoms with van der Waals surface area (Å²) in [6.07, 6.45) is 4.63. The summed E-state index contributed by atoms with van der Waals surface area (Å²) in [6, 6.07) is 10.4. The van der Waals surface area contributed by atoms with Crippen LogP contribution in [0.4, 0.5) is 4.79 Å². The summed E-state index contributed by atoms with van der Waals surface area (Å²) in [4.78, 5) is 23.1. The number of benzene rings is 1. The number of nitriles is 1. The Hall–Kier alpha value is -3.64. The molecule has 9 heteroatoms. The van der Waals surface area contributed by atoms with Gasteiger partial charge in [0, 0.05) is 30.2 Å². The topological polar surface area (TPSA) is 103 Å². The molecule has 38 heavy (non-hydrogen) atoms. The average Bonchev–Trinajstić information content (AvgIpc) is 3.26. The van der Waals surface area contributed by atoms with Gasteiger partial charge < -0.3 is 23.7 Å². The van der Waals surface area contributed by atoms with Gasteiger partial charge in [-0.25, -0.2) is 14.8 Å². The predicted octanol–water partition coefficient (Wildman–Crippen LogP) is 5.27. The fourth-order valence-corrected chi connectivity index (χ4v) is 5.01. The van der Waals surface area contributed by atoms with Crippen LogP contribution in [0.5, 0.6) is 5.75 Å². The van der Waals surface area contributed by atoms with E-state index in [-0.39, 0.29) is 18.0 Å². The first-order chi connectivity index (χ1) is 18.2. The molecule has 200 valence electrons. The minimum Gasteiger partial charge on any atom is -0.493 e. The molecule has 0 radical (unpaired) electrons. The number of ether oxygens (including phenoxy) is 3. The molecule has 0 unspecified atom stereocenters. The van der Waals surface area contributed by atoms with Crippen molar-refractivity contribution in [3.63, 3.8) is 0 Å². The molecule has 0 N–H and O–H groups in total. The smallest absolute Gasteiger partial charge is 0.410 e. The quantitative estimate of drug-likeness (QED) is 0.439. The van der Waals surface area contributed by atoms with E-state index in [0.29, 0.717) is 25.7 Å². The third-order valence-electron chi connectivity index (χ3n) is 7.18. The summed E-state index contributed by atoms with van der Waals surface area (Å²) in [7, 11) is 0. The van der Waals surface area contributed by atoms with E-state index < -0.39 is 5.60 Å². The van der Waals surface area contributed by atoms with Crippen molar-refractivity contribution < 1.29 is 19.0 Å². The molecule has 0 saturated carbocycles. The van der Waals surface area contributed by atoms with Crippen LogP contribution in [0.3, 0.4) is 0 Å². The van der Waals surface area contributed by atoms with Crippen LogP contribution in [0.1, 0.15) is 57.5 Å². The van der Waals surface area contributed by atoms with Crippen molar-refractivity contribution in [1.29, 1.82) is 5.26 Å². The van der Waals surface area contributed by atoms with Gasteiger partial charge >= 0.3 is 6.09 Å². The van der Waals surface area contributed by atoms with Crippen molar-refractivity contribution in [2.75, 3.05) is 32.9 Å². The number of carbonyl (C=O) groups excluding carboxylic acids is 1. The van der Waals surface area contributed by atoms with E-state index in [0.717, 1.165) is 66.0 Å². The molecule has 1 amide bonds. The van der Waals surface area contributed by atoms with Gasteiger partial charge in [-0.1, -0.05) is 0 Å². The highest BCUT2D eigenvalue weighted by atomic mass is 16.6. The number of likely N-dealkylation sites (tertiary alicyclic amines) is 1. The molecule has 3 aromatic rings. The Kier molecular flexibility index (Phi) is 7.26. The Morgan fingerprint density at radius 2 is 1.95 bits per heavy atom. The molecule has 0 atom stereocenters. The van der Waals surface area contributed by atoms with E-state index in [1.54, 1.807) is 0 Å². The Morgan fingerprint density at radius 3 is 2.58 bits per heavy atom. The number of amides is 1. The molecule has 0 bridgehead atoms. The molecular weight excluding hydrogens is 482 g/mol. The molecule has 9 nitrogen and oxygen atoms in total. The zero-order valence-corrected chi connectivity index (χ0v) is 22.6. The second kappa shape index (κ2) is 10.6. The van der Waals surface area contributed by atoms with Gasteiger partial charge in [0.1, 0.15) is 23.1 Å². The molecule has 2 aliphatic heterocycles. The monoisotopic (exact) mass is 517 g/mol. The number of aryl methyl sites for hydroxylation is 1. The zero-order valence-electron chi connectivity index (χ0n) is 22.6. The van der Waals surface area contributed by atoms with Crippen molar-refractivity contribution in [2.45, 2.75) is 58.6 Å². The van der Waals surface area contributed by atoms with E-state index in [2.05, 4.69) is 26.7 Å². The van der Waals surface area contributed by atoms with Crippen LogP contribution in [0, 0.1) is 24.2 Å². The maximum Gasteiger partial charge on any atom is 0.410 e. The van der Waals surface area contributed by atoms with Crippen LogP contribution >= 0.6 is 0 Å². The van der Waals surface area contributed by atoms with E-state index >= 15 is 0 Å². The minimum absolute atomic E-state index is 0.156. The molecule has 2 fully saturated rings. The summed E-state index contributed by atoms with van der Waals surface area (Å²) in [5.41, 5.74) is 2.98. The normalized spacial score (nSPS) is 16.8. The second-order valence-corrected chi connectivity index (χ2v) is 11.2. The lowest BCUT2D eigenvalue weighted by Gasteiger charge is -2.33. The van der Waals surface area contributed by atoms with Crippen molar-refractivity contribution in [2.24, 2.45) is 5.92 Å². The van der Waals surface area contributed by atoms with Gasteiger partial charge in [0.2, 0.25) is 5.82 Å². The highest BCUT2D eigenvalue weighted by Gasteiger charge is 2.27. The van der Waals surface area contributed by atoms with E-state index in [9.17, 15) is 10.1 Å². The van der Waals surface area contributed by atoms with Crippen LogP contribution in [-0.2, 0) is 9.47 Å². The fourth-order valence-electron chi connectivity index (χ4n) is 5.01. The van der Waals surface area contributed by atoms with E-state index in [1.165, 1.54) is 0 Å². The number of piperidine rings is 1. The van der Waals surface area contributed by atoms with E-state index in [1.807, 2.05) is 57.0 Å². The van der Waals surface area contributed by atoms with Crippen LogP contribution in [0.25, 0.3) is 22.3 Å². The predicted molar refractivity (Wildman–Crippen MR) is 143 cm³/mol. The Balaban J connectivity index is 1.21. The molecule has 0 spiro atoms. The first-order valence-electron chi connectivity index (χ1n) is 13.3. The molecule has 2 aromatic heterocycles. The minimum atomic E-state index is -0.469. The molecular formula is C29H35N5O4. The number of fused-ring (bicyclic) bond motifs is 1. The first kappa shape index (κ1) is 26.0. The lowest BCUT2D eigenvalue weighted by molar-refractivity contribution is -0.0216. The first-order valence-corrected chi connectivity index (χ1v) is 13.3. The van der Waals surface area contributed by atoms with Crippen molar-refractivity contribution in [3.05, 3.63) is 41.9 Å². The van der Waals surface area contributed by atoms with Gasteiger partial charge in [-0.2, -0.15) is 5.26 Å². The van der Waals surface area contributed by atoms with Crippen molar-refractivity contribution >= 4 is 17.1 Å². The second-order valence-electron chi connectivity index (χ2n) is 11.2. The molecule has 1 aromatic carbocycles. The lowest BCUT2D eigenvalue weighted by atomic mass is 9.94. The van der Waals surface area contributed by atoms with Crippen molar-refractivity contribution in [1.82, 2.24) is 19.4 Å². The van der Waals surface area contributed by atoms with Gasteiger partial charge in [-0.05, 0) is 82.7 Å². The van der Waals surface area contributed by atoms with Gasteiger partial charge in [-0.15, -0.1) is 0 Å². The summed E-state index contributed by atoms with van der Waals surface area (Å²) < 4.78 is 19.1. The molecule has 2 aliphatic rings. The van der Waals surface area contributed by atoms with Crippen LogP contribution < -0.4 is 4.74 Å². The maximum absolute atomic E-state index is 12.3. The third-order valence-corrected chi connectivity index (χ3v) is 7.18. The largest absolute Gasteiger partial charge is 0.493 e. The van der Waals surface area contributed by atoms with Crippen LogP contribution in [0.2, 0.25) is 0 Å². The molecule has 2 saturated heterocycles. The SMILES string of the molecule is Cc1cc(-c2nc(C#N)nc3c2ccn3C2COC2)ccc1OCCC1CCN(C(=O)OC(C)(C)C)CC1. The lowest BCUT2D eigenvalue weighted by Crippen LogP contribution is -2.41. The number of carbonyl (C=O) groups is 1.